The average Bonchev–Trinajstić information content (AvgIpc) is 3.16. The number of amides is 1. The van der Waals surface area contributed by atoms with Crippen LogP contribution in [0.4, 0.5) is 5.69 Å². The Morgan fingerprint density at radius 2 is 1.65 bits per heavy atom. The van der Waals surface area contributed by atoms with Gasteiger partial charge in [-0.15, -0.1) is 0 Å². The Balaban J connectivity index is 1.65. The van der Waals surface area contributed by atoms with E-state index in [0.717, 1.165) is 22.9 Å². The second kappa shape index (κ2) is 5.23. The first-order chi connectivity index (χ1) is 11.1. The molecule has 0 unspecified atom stereocenters. The minimum Gasteiger partial charge on any atom is -0.481 e. The number of carbonyl (C=O) groups is 2. The van der Waals surface area contributed by atoms with Crippen molar-refractivity contribution in [1.82, 2.24) is 0 Å². The fraction of sp³-hybridized carbons (Fsp3) is 0.263. The smallest absolute Gasteiger partial charge is 0.307 e. The predicted molar refractivity (Wildman–Crippen MR) is 87.9 cm³/mol. The highest BCUT2D eigenvalue weighted by Gasteiger charge is 2.51. The molecule has 2 N–H and O–H groups in total. The van der Waals surface area contributed by atoms with Crippen molar-refractivity contribution >= 4 is 28.3 Å². The maximum absolute atomic E-state index is 12.8. The van der Waals surface area contributed by atoms with E-state index >= 15 is 0 Å². The molecule has 0 aliphatic heterocycles. The van der Waals surface area contributed by atoms with Crippen LogP contribution in [0, 0.1) is 23.7 Å². The van der Waals surface area contributed by atoms with Gasteiger partial charge in [0, 0.05) is 11.1 Å². The molecular formula is C19H17NO3. The van der Waals surface area contributed by atoms with Crippen molar-refractivity contribution in [3.8, 4) is 0 Å². The van der Waals surface area contributed by atoms with Gasteiger partial charge < -0.3 is 10.4 Å². The van der Waals surface area contributed by atoms with E-state index in [9.17, 15) is 14.7 Å². The van der Waals surface area contributed by atoms with Crippen molar-refractivity contribution in [1.29, 1.82) is 0 Å². The molecule has 2 aromatic rings. The van der Waals surface area contributed by atoms with Crippen molar-refractivity contribution in [2.24, 2.45) is 23.7 Å². The Bertz CT molecular complexity index is 821. The van der Waals surface area contributed by atoms with Crippen molar-refractivity contribution in [2.45, 2.75) is 6.42 Å². The quantitative estimate of drug-likeness (QED) is 0.855. The fourth-order valence-corrected chi connectivity index (χ4v) is 4.07. The monoisotopic (exact) mass is 307 g/mol. The first kappa shape index (κ1) is 14.0. The highest BCUT2D eigenvalue weighted by molar-refractivity contribution is 6.04. The molecular weight excluding hydrogens is 290 g/mol. The van der Waals surface area contributed by atoms with E-state index in [1.54, 1.807) is 0 Å². The average molecular weight is 307 g/mol. The topological polar surface area (TPSA) is 66.4 Å². The molecule has 0 heterocycles. The van der Waals surface area contributed by atoms with Gasteiger partial charge in [-0.2, -0.15) is 0 Å². The number of carboxylic acids is 1. The van der Waals surface area contributed by atoms with Crippen LogP contribution in [0.25, 0.3) is 10.8 Å². The molecule has 2 bridgehead atoms. The maximum atomic E-state index is 12.8. The van der Waals surface area contributed by atoms with E-state index in [1.807, 2.05) is 54.6 Å². The van der Waals surface area contributed by atoms with Crippen LogP contribution in [0.5, 0.6) is 0 Å². The Morgan fingerprint density at radius 1 is 0.957 bits per heavy atom. The molecule has 1 amide bonds. The molecule has 1 fully saturated rings. The molecule has 116 valence electrons. The summed E-state index contributed by atoms with van der Waals surface area (Å²) in [6.07, 6.45) is 4.72. The van der Waals surface area contributed by atoms with Crippen molar-refractivity contribution in [2.75, 3.05) is 5.32 Å². The van der Waals surface area contributed by atoms with E-state index < -0.39 is 17.8 Å². The van der Waals surface area contributed by atoms with Gasteiger partial charge in [0.05, 0.1) is 11.8 Å². The molecule has 0 aromatic heterocycles. The number of hydrogen-bond donors (Lipinski definition) is 2. The van der Waals surface area contributed by atoms with E-state index in [-0.39, 0.29) is 17.7 Å². The third-order valence-corrected chi connectivity index (χ3v) is 5.09. The van der Waals surface area contributed by atoms with Gasteiger partial charge in [0.1, 0.15) is 0 Å². The number of carboxylic acid groups (broad SMARTS) is 1. The fourth-order valence-electron chi connectivity index (χ4n) is 4.07. The van der Waals surface area contributed by atoms with E-state index in [2.05, 4.69) is 5.32 Å². The summed E-state index contributed by atoms with van der Waals surface area (Å²) in [5.74, 6) is -2.14. The summed E-state index contributed by atoms with van der Waals surface area (Å²) in [6, 6.07) is 13.6. The number of rotatable bonds is 3. The Morgan fingerprint density at radius 3 is 2.43 bits per heavy atom. The van der Waals surface area contributed by atoms with Crippen LogP contribution in [-0.4, -0.2) is 17.0 Å². The Kier molecular flexibility index (Phi) is 3.18. The van der Waals surface area contributed by atoms with Gasteiger partial charge in [0.25, 0.3) is 0 Å². The molecule has 4 atom stereocenters. The zero-order valence-corrected chi connectivity index (χ0v) is 12.5. The molecule has 2 aromatic carbocycles. The lowest BCUT2D eigenvalue weighted by molar-refractivity contribution is -0.146. The first-order valence-electron chi connectivity index (χ1n) is 7.85. The second-order valence-corrected chi connectivity index (χ2v) is 6.35. The van der Waals surface area contributed by atoms with Crippen LogP contribution in [-0.2, 0) is 9.59 Å². The van der Waals surface area contributed by atoms with Crippen LogP contribution in [0.2, 0.25) is 0 Å². The largest absolute Gasteiger partial charge is 0.481 e. The summed E-state index contributed by atoms with van der Waals surface area (Å²) >= 11 is 0. The highest BCUT2D eigenvalue weighted by atomic mass is 16.4. The Labute approximate surface area is 133 Å². The number of hydrogen-bond acceptors (Lipinski definition) is 2. The zero-order valence-electron chi connectivity index (χ0n) is 12.5. The molecule has 23 heavy (non-hydrogen) atoms. The summed E-state index contributed by atoms with van der Waals surface area (Å²) in [4.78, 5) is 24.3. The van der Waals surface area contributed by atoms with Gasteiger partial charge in [-0.1, -0.05) is 48.6 Å². The number of anilines is 1. The summed E-state index contributed by atoms with van der Waals surface area (Å²) < 4.78 is 0. The summed E-state index contributed by atoms with van der Waals surface area (Å²) in [5, 5.41) is 14.5. The SMILES string of the molecule is O=C(O)[C@H]1[C@H](C(=O)Nc2cccc3ccccc23)[C@H]2C=C[C@H]1C2. The van der Waals surface area contributed by atoms with Crippen LogP contribution in [0.1, 0.15) is 6.42 Å². The van der Waals surface area contributed by atoms with E-state index in [0.29, 0.717) is 0 Å². The van der Waals surface area contributed by atoms with Crippen LogP contribution in [0.3, 0.4) is 0 Å². The molecule has 0 radical (unpaired) electrons. The number of fused-ring (bicyclic) bond motifs is 3. The molecule has 4 rings (SSSR count). The number of nitrogens with one attached hydrogen (secondary N) is 1. The maximum Gasteiger partial charge on any atom is 0.307 e. The second-order valence-electron chi connectivity index (χ2n) is 6.35. The minimum atomic E-state index is -0.875. The first-order valence-corrected chi connectivity index (χ1v) is 7.85. The Hall–Kier alpha value is -2.62. The van der Waals surface area contributed by atoms with Gasteiger partial charge in [0.2, 0.25) is 5.91 Å². The van der Waals surface area contributed by atoms with Gasteiger partial charge in [0.15, 0.2) is 0 Å². The molecule has 2 aliphatic carbocycles. The third kappa shape index (κ3) is 2.22. The highest BCUT2D eigenvalue weighted by Crippen LogP contribution is 2.48. The summed E-state index contributed by atoms with van der Waals surface area (Å²) in [5.41, 5.74) is 0.740. The van der Waals surface area contributed by atoms with E-state index in [1.165, 1.54) is 0 Å². The number of carbonyl (C=O) groups excluding carboxylic acids is 1. The molecule has 1 saturated carbocycles. The summed E-state index contributed by atoms with van der Waals surface area (Å²) in [7, 11) is 0. The van der Waals surface area contributed by atoms with E-state index in [4.69, 9.17) is 0 Å². The molecule has 0 saturated heterocycles. The van der Waals surface area contributed by atoms with Crippen molar-refractivity contribution < 1.29 is 14.7 Å². The van der Waals surface area contributed by atoms with Crippen LogP contribution >= 0.6 is 0 Å². The van der Waals surface area contributed by atoms with Gasteiger partial charge >= 0.3 is 5.97 Å². The van der Waals surface area contributed by atoms with Gasteiger partial charge in [-0.25, -0.2) is 0 Å². The lowest BCUT2D eigenvalue weighted by Gasteiger charge is -2.24. The van der Waals surface area contributed by atoms with Crippen molar-refractivity contribution in [3.05, 3.63) is 54.6 Å². The molecule has 4 nitrogen and oxygen atoms in total. The zero-order chi connectivity index (χ0) is 16.0. The van der Waals surface area contributed by atoms with Crippen LogP contribution < -0.4 is 5.32 Å². The lowest BCUT2D eigenvalue weighted by atomic mass is 9.82. The molecule has 2 aliphatic rings. The number of benzene rings is 2. The molecule has 4 heteroatoms. The third-order valence-electron chi connectivity index (χ3n) is 5.09. The molecule has 0 spiro atoms. The lowest BCUT2D eigenvalue weighted by Crippen LogP contribution is -2.36. The predicted octanol–water partition coefficient (Wildman–Crippen LogP) is 3.30. The number of aliphatic carboxylic acids is 1. The summed E-state index contributed by atoms with van der Waals surface area (Å²) in [6.45, 7) is 0. The normalized spacial score (nSPS) is 28.2. The van der Waals surface area contributed by atoms with Gasteiger partial charge in [-0.05, 0) is 29.7 Å². The van der Waals surface area contributed by atoms with Gasteiger partial charge in [-0.3, -0.25) is 9.59 Å². The van der Waals surface area contributed by atoms with Crippen molar-refractivity contribution in [3.63, 3.8) is 0 Å². The standard InChI is InChI=1S/C19H17NO3/c21-18(16-12-8-9-13(10-12)17(16)19(22)23)20-15-7-3-5-11-4-1-2-6-14(11)15/h1-9,12-13,16-17H,10H2,(H,20,21)(H,22,23)/t12-,13-,16+,17+/m0/s1. The van der Waals surface area contributed by atoms with Crippen LogP contribution in [0.15, 0.2) is 54.6 Å². The minimum absolute atomic E-state index is 0.0132. The number of allylic oxidation sites excluding steroid dienone is 2.